The maximum atomic E-state index is 12.9. The van der Waals surface area contributed by atoms with Crippen LogP contribution in [0.25, 0.3) is 0 Å². The van der Waals surface area contributed by atoms with E-state index in [9.17, 15) is 27.6 Å². The van der Waals surface area contributed by atoms with Crippen molar-refractivity contribution >= 4 is 23.4 Å². The number of alkyl halides is 3. The number of hydrogen-bond donors (Lipinski definition) is 0. The highest BCUT2D eigenvalue weighted by Gasteiger charge is 2.39. The van der Waals surface area contributed by atoms with Gasteiger partial charge in [0.25, 0.3) is 0 Å². The van der Waals surface area contributed by atoms with Crippen molar-refractivity contribution in [3.05, 3.63) is 29.8 Å². The van der Waals surface area contributed by atoms with E-state index in [4.69, 9.17) is 0 Å². The molecule has 1 atom stereocenters. The normalized spacial score (nSPS) is 20.6. The fourth-order valence-electron chi connectivity index (χ4n) is 3.74. The van der Waals surface area contributed by atoms with Crippen molar-refractivity contribution in [1.29, 1.82) is 0 Å². The second-order valence-electron chi connectivity index (χ2n) is 7.76. The van der Waals surface area contributed by atoms with Gasteiger partial charge < -0.3 is 14.7 Å². The van der Waals surface area contributed by atoms with E-state index >= 15 is 0 Å². The van der Waals surface area contributed by atoms with Crippen LogP contribution in [0.2, 0.25) is 0 Å². The molecule has 0 N–H and O–H groups in total. The van der Waals surface area contributed by atoms with Crippen LogP contribution in [-0.2, 0) is 20.6 Å². The molecule has 0 aliphatic carbocycles. The summed E-state index contributed by atoms with van der Waals surface area (Å²) in [5, 5.41) is 0. The molecule has 0 spiro atoms. The first kappa shape index (κ1) is 21.1. The lowest BCUT2D eigenvalue weighted by Gasteiger charge is -2.36. The molecule has 6 nitrogen and oxygen atoms in total. The molecule has 2 aliphatic heterocycles. The first-order chi connectivity index (χ1) is 13.6. The molecule has 0 radical (unpaired) electrons. The highest BCUT2D eigenvalue weighted by Crippen LogP contribution is 2.33. The summed E-state index contributed by atoms with van der Waals surface area (Å²) in [4.78, 5) is 41.9. The molecular weight excluding hydrogens is 387 g/mol. The van der Waals surface area contributed by atoms with E-state index in [1.54, 1.807) is 9.80 Å². The molecule has 1 aromatic rings. The van der Waals surface area contributed by atoms with Gasteiger partial charge in [0.1, 0.15) is 0 Å². The molecule has 2 saturated heterocycles. The molecule has 3 rings (SSSR count). The van der Waals surface area contributed by atoms with E-state index in [1.807, 2.05) is 13.8 Å². The van der Waals surface area contributed by atoms with Crippen LogP contribution >= 0.6 is 0 Å². The van der Waals surface area contributed by atoms with Gasteiger partial charge in [-0.3, -0.25) is 14.4 Å². The van der Waals surface area contributed by atoms with Gasteiger partial charge in [-0.15, -0.1) is 0 Å². The van der Waals surface area contributed by atoms with E-state index in [2.05, 4.69) is 0 Å². The number of amides is 3. The molecule has 0 aromatic heterocycles. The number of rotatable bonds is 3. The average molecular weight is 411 g/mol. The van der Waals surface area contributed by atoms with Gasteiger partial charge in [0.2, 0.25) is 17.7 Å². The largest absolute Gasteiger partial charge is 0.416 e. The number of anilines is 1. The Morgan fingerprint density at radius 3 is 2.28 bits per heavy atom. The van der Waals surface area contributed by atoms with Gasteiger partial charge in [0.05, 0.1) is 11.5 Å². The van der Waals surface area contributed by atoms with Gasteiger partial charge >= 0.3 is 6.18 Å². The Kier molecular flexibility index (Phi) is 5.86. The van der Waals surface area contributed by atoms with E-state index in [1.165, 1.54) is 17.0 Å². The number of hydrogen-bond acceptors (Lipinski definition) is 3. The van der Waals surface area contributed by atoms with Crippen LogP contribution in [0.5, 0.6) is 0 Å². The Morgan fingerprint density at radius 2 is 1.69 bits per heavy atom. The van der Waals surface area contributed by atoms with Crippen LogP contribution in [0.4, 0.5) is 18.9 Å². The summed E-state index contributed by atoms with van der Waals surface area (Å²) in [7, 11) is 0. The predicted molar refractivity (Wildman–Crippen MR) is 99.9 cm³/mol. The number of carbonyl (C=O) groups is 3. The zero-order valence-electron chi connectivity index (χ0n) is 16.4. The molecule has 158 valence electrons. The Morgan fingerprint density at radius 1 is 1.07 bits per heavy atom. The summed E-state index contributed by atoms with van der Waals surface area (Å²) < 4.78 is 38.8. The maximum absolute atomic E-state index is 12.9. The average Bonchev–Trinajstić information content (AvgIpc) is 3.08. The molecular formula is C20H24F3N3O3. The van der Waals surface area contributed by atoms with Crippen LogP contribution < -0.4 is 4.90 Å². The first-order valence-electron chi connectivity index (χ1n) is 9.63. The Bertz CT molecular complexity index is 802. The quantitative estimate of drug-likeness (QED) is 0.768. The topological polar surface area (TPSA) is 60.9 Å². The van der Waals surface area contributed by atoms with E-state index in [0.717, 1.165) is 12.1 Å². The third-order valence-electron chi connectivity index (χ3n) is 5.36. The van der Waals surface area contributed by atoms with Gasteiger partial charge in [0.15, 0.2) is 0 Å². The molecule has 0 saturated carbocycles. The maximum Gasteiger partial charge on any atom is 0.416 e. The number of nitrogens with zero attached hydrogens (tertiary/aromatic N) is 3. The molecule has 2 heterocycles. The molecule has 0 unspecified atom stereocenters. The molecule has 29 heavy (non-hydrogen) atoms. The van der Waals surface area contributed by atoms with Gasteiger partial charge in [-0.2, -0.15) is 13.2 Å². The van der Waals surface area contributed by atoms with Crippen molar-refractivity contribution in [1.82, 2.24) is 9.80 Å². The smallest absolute Gasteiger partial charge is 0.339 e. The zero-order chi connectivity index (χ0) is 21.3. The summed E-state index contributed by atoms with van der Waals surface area (Å²) in [5.41, 5.74) is -0.684. The Hall–Kier alpha value is -2.58. The van der Waals surface area contributed by atoms with Crippen molar-refractivity contribution in [2.24, 2.45) is 11.8 Å². The van der Waals surface area contributed by atoms with Crippen molar-refractivity contribution in [2.75, 3.05) is 37.6 Å². The van der Waals surface area contributed by atoms with Crippen LogP contribution in [0.1, 0.15) is 25.8 Å². The second-order valence-corrected chi connectivity index (χ2v) is 7.76. The summed E-state index contributed by atoms with van der Waals surface area (Å²) >= 11 is 0. The van der Waals surface area contributed by atoms with Crippen LogP contribution in [0, 0.1) is 11.8 Å². The number of halogens is 3. The minimum Gasteiger partial charge on any atom is -0.339 e. The Balaban J connectivity index is 1.64. The molecule has 2 aliphatic rings. The molecule has 0 bridgehead atoms. The lowest BCUT2D eigenvalue weighted by Crippen LogP contribution is -2.53. The SMILES string of the molecule is CC(C)C(=O)N1CCN(C(=O)[C@H]2CC(=O)N(c3cccc(C(F)(F)F)c3)C2)CC1. The fourth-order valence-corrected chi connectivity index (χ4v) is 3.74. The van der Waals surface area contributed by atoms with E-state index < -0.39 is 17.7 Å². The third kappa shape index (κ3) is 4.54. The third-order valence-corrected chi connectivity index (χ3v) is 5.36. The number of carbonyl (C=O) groups excluding carboxylic acids is 3. The van der Waals surface area contributed by atoms with Crippen molar-refractivity contribution < 1.29 is 27.6 Å². The highest BCUT2D eigenvalue weighted by molar-refractivity contribution is 6.00. The summed E-state index contributed by atoms with van der Waals surface area (Å²) in [6.45, 7) is 5.39. The predicted octanol–water partition coefficient (Wildman–Crippen LogP) is 2.39. The monoisotopic (exact) mass is 411 g/mol. The van der Waals surface area contributed by atoms with Gasteiger partial charge in [-0.25, -0.2) is 0 Å². The van der Waals surface area contributed by atoms with E-state index in [0.29, 0.717) is 26.2 Å². The molecule has 3 amide bonds. The van der Waals surface area contributed by atoms with Crippen LogP contribution in [0.15, 0.2) is 24.3 Å². The van der Waals surface area contributed by atoms with Crippen LogP contribution in [-0.4, -0.2) is 60.2 Å². The molecule has 1 aromatic carbocycles. The van der Waals surface area contributed by atoms with Gasteiger partial charge in [-0.1, -0.05) is 19.9 Å². The van der Waals surface area contributed by atoms with Gasteiger partial charge in [0, 0.05) is 50.7 Å². The minimum atomic E-state index is -4.50. The van der Waals surface area contributed by atoms with Gasteiger partial charge in [-0.05, 0) is 18.2 Å². The number of benzene rings is 1. The van der Waals surface area contributed by atoms with Crippen molar-refractivity contribution in [3.8, 4) is 0 Å². The summed E-state index contributed by atoms with van der Waals surface area (Å²) in [6, 6.07) is 4.58. The molecule has 2 fully saturated rings. The minimum absolute atomic E-state index is 0.0276. The Labute approximate surface area is 167 Å². The van der Waals surface area contributed by atoms with Crippen molar-refractivity contribution in [3.63, 3.8) is 0 Å². The standard InChI is InChI=1S/C20H24F3N3O3/c1-13(2)18(28)24-6-8-25(9-7-24)19(29)14-10-17(27)26(12-14)16-5-3-4-15(11-16)20(21,22)23/h3-5,11,13-14H,6-10,12H2,1-2H3/t14-/m0/s1. The molecule has 9 heteroatoms. The summed E-state index contributed by atoms with van der Waals surface area (Å²) in [5.74, 6) is -1.21. The lowest BCUT2D eigenvalue weighted by atomic mass is 10.1. The second kappa shape index (κ2) is 8.04. The van der Waals surface area contributed by atoms with Crippen molar-refractivity contribution in [2.45, 2.75) is 26.4 Å². The fraction of sp³-hybridized carbons (Fsp3) is 0.550. The first-order valence-corrected chi connectivity index (χ1v) is 9.63. The lowest BCUT2D eigenvalue weighted by molar-refractivity contribution is -0.143. The van der Waals surface area contributed by atoms with E-state index in [-0.39, 0.29) is 42.3 Å². The zero-order valence-corrected chi connectivity index (χ0v) is 16.4. The summed E-state index contributed by atoms with van der Waals surface area (Å²) in [6.07, 6.45) is -4.53. The number of piperazine rings is 1. The highest BCUT2D eigenvalue weighted by atomic mass is 19.4. The van der Waals surface area contributed by atoms with Crippen LogP contribution in [0.3, 0.4) is 0 Å².